The van der Waals surface area contributed by atoms with Crippen LogP contribution < -0.4 is 11.1 Å². The number of carboxylic acid groups (broad SMARTS) is 2. The molecule has 0 bridgehead atoms. The number of aliphatic carboxylic acids is 2. The molecule has 0 fully saturated rings. The predicted octanol–water partition coefficient (Wildman–Crippen LogP) is 0.0818. The van der Waals surface area contributed by atoms with Crippen LogP contribution in [0.5, 0.6) is 0 Å². The molecular weight excluding hydrogens is 302 g/mol. The number of hydrogen-bond donors (Lipinski definition) is 5. The first kappa shape index (κ1) is 16.5. The summed E-state index contributed by atoms with van der Waals surface area (Å²) in [5.74, 6) is -3.25. The number of carbonyl (C=O) groups excluding carboxylic acids is 1. The average molecular weight is 319 g/mol. The molecule has 6 N–H and O–H groups in total. The number of nitrogens with two attached hydrogens (primary N) is 1. The summed E-state index contributed by atoms with van der Waals surface area (Å²) in [4.78, 5) is 36.8. The van der Waals surface area contributed by atoms with Gasteiger partial charge >= 0.3 is 11.9 Å². The molecule has 1 aromatic heterocycles. The third-order valence-corrected chi connectivity index (χ3v) is 3.44. The Hall–Kier alpha value is -2.87. The summed E-state index contributed by atoms with van der Waals surface area (Å²) >= 11 is 0. The van der Waals surface area contributed by atoms with Gasteiger partial charge in [-0.3, -0.25) is 9.59 Å². The third-order valence-electron chi connectivity index (χ3n) is 3.44. The van der Waals surface area contributed by atoms with Crippen molar-refractivity contribution in [2.24, 2.45) is 5.73 Å². The molecule has 0 radical (unpaired) electrons. The zero-order valence-corrected chi connectivity index (χ0v) is 12.2. The number of nitrogens with one attached hydrogen (secondary N) is 2. The molecule has 0 spiro atoms. The van der Waals surface area contributed by atoms with Crippen LogP contribution in [0.1, 0.15) is 12.0 Å². The standard InChI is InChI=1S/C15H17N3O5/c16-10(6-13(19)20)14(21)18-12(15(22)23)5-8-7-17-11-4-2-1-3-9(8)11/h1-4,7,10,12,17H,5-6,16H2,(H,18,21)(H,19,20)(H,22,23)/t10-,12-/m0/s1. The number of fused-ring (bicyclic) bond motifs is 1. The van der Waals surface area contributed by atoms with Crippen LogP contribution in [0.2, 0.25) is 0 Å². The highest BCUT2D eigenvalue weighted by atomic mass is 16.4. The van der Waals surface area contributed by atoms with Gasteiger partial charge in [0.1, 0.15) is 6.04 Å². The average Bonchev–Trinajstić information content (AvgIpc) is 2.89. The lowest BCUT2D eigenvalue weighted by molar-refractivity contribution is -0.142. The van der Waals surface area contributed by atoms with Crippen LogP contribution in [-0.2, 0) is 20.8 Å². The normalized spacial score (nSPS) is 13.4. The maximum absolute atomic E-state index is 11.8. The zero-order chi connectivity index (χ0) is 17.0. The van der Waals surface area contributed by atoms with E-state index in [0.29, 0.717) is 0 Å². The first-order chi connectivity index (χ1) is 10.9. The maximum Gasteiger partial charge on any atom is 0.326 e. The fourth-order valence-corrected chi connectivity index (χ4v) is 2.28. The second-order valence-electron chi connectivity index (χ2n) is 5.17. The molecule has 122 valence electrons. The minimum absolute atomic E-state index is 0.0604. The van der Waals surface area contributed by atoms with Gasteiger partial charge in [-0.1, -0.05) is 18.2 Å². The summed E-state index contributed by atoms with van der Waals surface area (Å²) in [5, 5.41) is 21.0. The van der Waals surface area contributed by atoms with Crippen molar-refractivity contribution in [2.75, 3.05) is 0 Å². The number of amides is 1. The Morgan fingerprint density at radius 3 is 2.57 bits per heavy atom. The van der Waals surface area contributed by atoms with Gasteiger partial charge in [0.2, 0.25) is 5.91 Å². The molecule has 1 aromatic carbocycles. The van der Waals surface area contributed by atoms with Crippen molar-refractivity contribution in [3.8, 4) is 0 Å². The number of benzene rings is 1. The lowest BCUT2D eigenvalue weighted by Crippen LogP contribution is -2.49. The summed E-state index contributed by atoms with van der Waals surface area (Å²) in [6, 6.07) is 4.90. The number of rotatable bonds is 7. The lowest BCUT2D eigenvalue weighted by atomic mass is 10.0. The Kier molecular flexibility index (Phi) is 4.97. The molecule has 2 atom stereocenters. The fourth-order valence-electron chi connectivity index (χ4n) is 2.28. The van der Waals surface area contributed by atoms with E-state index in [1.807, 2.05) is 24.3 Å². The number of para-hydroxylation sites is 1. The van der Waals surface area contributed by atoms with E-state index in [9.17, 15) is 19.5 Å². The smallest absolute Gasteiger partial charge is 0.326 e. The molecule has 8 nitrogen and oxygen atoms in total. The number of H-pyrrole nitrogens is 1. The maximum atomic E-state index is 11.8. The molecule has 0 aliphatic rings. The number of aromatic amines is 1. The van der Waals surface area contributed by atoms with E-state index in [0.717, 1.165) is 16.5 Å². The summed E-state index contributed by atoms with van der Waals surface area (Å²) in [6.07, 6.45) is 1.18. The van der Waals surface area contributed by atoms with Crippen LogP contribution in [0.3, 0.4) is 0 Å². The highest BCUT2D eigenvalue weighted by Gasteiger charge is 2.25. The van der Waals surface area contributed by atoms with Crippen molar-refractivity contribution in [1.29, 1.82) is 0 Å². The SMILES string of the molecule is N[C@@H](CC(=O)O)C(=O)N[C@@H](Cc1c[nH]c2ccccc12)C(=O)O. The molecule has 2 aromatic rings. The highest BCUT2D eigenvalue weighted by molar-refractivity contribution is 5.90. The molecule has 2 rings (SSSR count). The molecule has 1 heterocycles. The van der Waals surface area contributed by atoms with Gasteiger partial charge in [0, 0.05) is 23.5 Å². The molecule has 0 saturated carbocycles. The summed E-state index contributed by atoms with van der Waals surface area (Å²) in [5.41, 5.74) is 7.04. The summed E-state index contributed by atoms with van der Waals surface area (Å²) in [7, 11) is 0. The molecule has 0 aliphatic carbocycles. The second kappa shape index (κ2) is 6.93. The van der Waals surface area contributed by atoms with Crippen molar-refractivity contribution < 1.29 is 24.6 Å². The van der Waals surface area contributed by atoms with Crippen LogP contribution in [0, 0.1) is 0 Å². The van der Waals surface area contributed by atoms with Crippen LogP contribution in [0.15, 0.2) is 30.5 Å². The van der Waals surface area contributed by atoms with Gasteiger partial charge in [-0.25, -0.2) is 4.79 Å². The molecule has 0 aliphatic heterocycles. The topological polar surface area (TPSA) is 146 Å². The number of aromatic nitrogens is 1. The van der Waals surface area contributed by atoms with Gasteiger partial charge in [0.25, 0.3) is 0 Å². The summed E-state index contributed by atoms with van der Waals surface area (Å²) in [6.45, 7) is 0. The van der Waals surface area contributed by atoms with Gasteiger partial charge < -0.3 is 26.2 Å². The molecule has 8 heteroatoms. The fraction of sp³-hybridized carbons (Fsp3) is 0.267. The van der Waals surface area contributed by atoms with Crippen LogP contribution in [0.4, 0.5) is 0 Å². The van der Waals surface area contributed by atoms with E-state index < -0.39 is 36.4 Å². The second-order valence-corrected chi connectivity index (χ2v) is 5.17. The first-order valence-electron chi connectivity index (χ1n) is 6.94. The number of carbonyl (C=O) groups is 3. The van der Waals surface area contributed by atoms with E-state index in [1.165, 1.54) is 0 Å². The Labute approximate surface area is 131 Å². The van der Waals surface area contributed by atoms with Crippen molar-refractivity contribution in [3.63, 3.8) is 0 Å². The van der Waals surface area contributed by atoms with E-state index in [1.54, 1.807) is 6.20 Å². The lowest BCUT2D eigenvalue weighted by Gasteiger charge is -2.16. The minimum atomic E-state index is -1.29. The minimum Gasteiger partial charge on any atom is -0.481 e. The molecule has 23 heavy (non-hydrogen) atoms. The Bertz CT molecular complexity index is 740. The quantitative estimate of drug-likeness (QED) is 0.488. The van der Waals surface area contributed by atoms with Crippen molar-refractivity contribution >= 4 is 28.7 Å². The third kappa shape index (κ3) is 4.07. The zero-order valence-electron chi connectivity index (χ0n) is 12.2. The van der Waals surface area contributed by atoms with Gasteiger partial charge in [0.05, 0.1) is 12.5 Å². The first-order valence-corrected chi connectivity index (χ1v) is 6.94. The van der Waals surface area contributed by atoms with Gasteiger partial charge in [-0.05, 0) is 11.6 Å². The Morgan fingerprint density at radius 2 is 1.91 bits per heavy atom. The van der Waals surface area contributed by atoms with Crippen molar-refractivity contribution in [3.05, 3.63) is 36.0 Å². The number of hydrogen-bond acceptors (Lipinski definition) is 4. The van der Waals surface area contributed by atoms with Crippen LogP contribution in [0.25, 0.3) is 10.9 Å². The van der Waals surface area contributed by atoms with Gasteiger partial charge in [0.15, 0.2) is 0 Å². The van der Waals surface area contributed by atoms with Crippen LogP contribution in [-0.4, -0.2) is 45.1 Å². The van der Waals surface area contributed by atoms with Gasteiger partial charge in [-0.15, -0.1) is 0 Å². The monoisotopic (exact) mass is 319 g/mol. The molecule has 0 unspecified atom stereocenters. The van der Waals surface area contributed by atoms with Crippen molar-refractivity contribution in [2.45, 2.75) is 24.9 Å². The Morgan fingerprint density at radius 1 is 1.22 bits per heavy atom. The van der Waals surface area contributed by atoms with Gasteiger partial charge in [-0.2, -0.15) is 0 Å². The molecule has 0 saturated heterocycles. The Balaban J connectivity index is 2.11. The van der Waals surface area contributed by atoms with Crippen LogP contribution >= 0.6 is 0 Å². The number of carboxylic acids is 2. The highest BCUT2D eigenvalue weighted by Crippen LogP contribution is 2.19. The molecule has 1 amide bonds. The van der Waals surface area contributed by atoms with E-state index in [2.05, 4.69) is 10.3 Å². The van der Waals surface area contributed by atoms with E-state index >= 15 is 0 Å². The van der Waals surface area contributed by atoms with Crippen molar-refractivity contribution in [1.82, 2.24) is 10.3 Å². The molecular formula is C15H17N3O5. The largest absolute Gasteiger partial charge is 0.481 e. The summed E-state index contributed by atoms with van der Waals surface area (Å²) < 4.78 is 0. The van der Waals surface area contributed by atoms with E-state index in [-0.39, 0.29) is 6.42 Å². The van der Waals surface area contributed by atoms with E-state index in [4.69, 9.17) is 10.8 Å². The predicted molar refractivity (Wildman–Crippen MR) is 81.8 cm³/mol.